The van der Waals surface area contributed by atoms with Gasteiger partial charge in [-0.1, -0.05) is 5.57 Å². The number of rotatable bonds is 2. The Balaban J connectivity index is 4.61. The van der Waals surface area contributed by atoms with Crippen LogP contribution in [0.15, 0.2) is 11.1 Å². The Morgan fingerprint density at radius 1 is 1.50 bits per heavy atom. The first kappa shape index (κ1) is 9.50. The topological polar surface area (TPSA) is 37.3 Å². The average Bonchev–Trinajstić information content (AvgIpc) is 1.59. The minimum atomic E-state index is -0.928. The minimum absolute atomic E-state index is 0.293. The highest BCUT2D eigenvalue weighted by molar-refractivity contribution is 6.24. The van der Waals surface area contributed by atoms with Gasteiger partial charge in [-0.25, -0.2) is 4.79 Å². The van der Waals surface area contributed by atoms with Gasteiger partial charge < -0.3 is 5.11 Å². The fourth-order valence-electron chi connectivity index (χ4n) is 0.782. The molecular formula is C7H11ClO2. The molecule has 1 unspecified atom stereocenters. The Kier molecular flexibility index (Phi) is 3.43. The van der Waals surface area contributed by atoms with Gasteiger partial charge in [-0.15, -0.1) is 11.6 Å². The zero-order chi connectivity index (χ0) is 8.31. The van der Waals surface area contributed by atoms with Crippen LogP contribution in [0.3, 0.4) is 0 Å². The van der Waals surface area contributed by atoms with Crippen molar-refractivity contribution in [1.29, 1.82) is 0 Å². The van der Waals surface area contributed by atoms with E-state index in [1.165, 1.54) is 0 Å². The molecular weight excluding hydrogens is 152 g/mol. The Hall–Kier alpha value is -0.500. The van der Waals surface area contributed by atoms with Gasteiger partial charge in [0.15, 0.2) is 0 Å². The fourth-order valence-corrected chi connectivity index (χ4v) is 1.09. The second-order valence-corrected chi connectivity index (χ2v) is 2.99. The van der Waals surface area contributed by atoms with E-state index in [0.29, 0.717) is 5.57 Å². The lowest BCUT2D eigenvalue weighted by Gasteiger charge is -2.05. The van der Waals surface area contributed by atoms with Crippen molar-refractivity contribution in [3.8, 4) is 0 Å². The van der Waals surface area contributed by atoms with E-state index in [1.54, 1.807) is 20.8 Å². The monoisotopic (exact) mass is 162 g/mol. The highest BCUT2D eigenvalue weighted by Crippen LogP contribution is 2.13. The molecule has 0 aromatic heterocycles. The average molecular weight is 163 g/mol. The van der Waals surface area contributed by atoms with Crippen LogP contribution in [0.2, 0.25) is 0 Å². The number of hydrogen-bond acceptors (Lipinski definition) is 1. The maximum Gasteiger partial charge on any atom is 0.333 e. The zero-order valence-electron chi connectivity index (χ0n) is 6.31. The number of carbonyl (C=O) groups is 1. The number of allylic oxidation sites excluding steroid dienone is 1. The van der Waals surface area contributed by atoms with Crippen molar-refractivity contribution >= 4 is 17.6 Å². The molecule has 2 nitrogen and oxygen atoms in total. The molecule has 0 saturated heterocycles. The smallest absolute Gasteiger partial charge is 0.333 e. The number of hydrogen-bond donors (Lipinski definition) is 1. The van der Waals surface area contributed by atoms with Crippen molar-refractivity contribution in [2.75, 3.05) is 0 Å². The van der Waals surface area contributed by atoms with E-state index >= 15 is 0 Å². The molecule has 0 spiro atoms. The molecule has 0 heterocycles. The van der Waals surface area contributed by atoms with Crippen LogP contribution in [-0.4, -0.2) is 16.5 Å². The molecule has 10 heavy (non-hydrogen) atoms. The summed E-state index contributed by atoms with van der Waals surface area (Å²) in [6, 6.07) is 0. The largest absolute Gasteiger partial charge is 0.478 e. The number of carboxylic acids is 1. The van der Waals surface area contributed by atoms with Crippen molar-refractivity contribution in [3.63, 3.8) is 0 Å². The molecule has 3 heteroatoms. The van der Waals surface area contributed by atoms with E-state index in [2.05, 4.69) is 0 Å². The van der Waals surface area contributed by atoms with Gasteiger partial charge in [0, 0.05) is 0 Å². The Bertz CT molecular complexity index is 166. The molecule has 0 aliphatic heterocycles. The molecule has 0 saturated carbocycles. The van der Waals surface area contributed by atoms with Gasteiger partial charge in [-0.2, -0.15) is 0 Å². The van der Waals surface area contributed by atoms with Crippen LogP contribution in [0.1, 0.15) is 20.8 Å². The van der Waals surface area contributed by atoms with Crippen LogP contribution < -0.4 is 0 Å². The van der Waals surface area contributed by atoms with Crippen LogP contribution in [-0.2, 0) is 4.79 Å². The molecule has 0 aliphatic carbocycles. The molecule has 1 atom stereocenters. The van der Waals surface area contributed by atoms with Crippen molar-refractivity contribution in [1.82, 2.24) is 0 Å². The molecule has 0 radical (unpaired) electrons. The third-order valence-corrected chi connectivity index (χ3v) is 1.39. The van der Waals surface area contributed by atoms with Crippen LogP contribution in [0.5, 0.6) is 0 Å². The lowest BCUT2D eigenvalue weighted by molar-refractivity contribution is -0.132. The first-order valence-corrected chi connectivity index (χ1v) is 3.45. The maximum atomic E-state index is 10.4. The number of alkyl halides is 1. The Morgan fingerprint density at radius 2 is 1.90 bits per heavy atom. The van der Waals surface area contributed by atoms with Gasteiger partial charge in [-0.3, -0.25) is 0 Å². The fraction of sp³-hybridized carbons (Fsp3) is 0.571. The van der Waals surface area contributed by atoms with E-state index < -0.39 is 11.3 Å². The normalized spacial score (nSPS) is 12.4. The van der Waals surface area contributed by atoms with E-state index in [1.807, 2.05) is 0 Å². The summed E-state index contributed by atoms with van der Waals surface area (Å²) >= 11 is 5.60. The standard InChI is InChI=1S/C7H11ClO2/c1-4(2)6(5(3)8)7(9)10/h5H,1-3H3,(H,9,10). The third kappa shape index (κ3) is 2.40. The van der Waals surface area contributed by atoms with Crippen LogP contribution in [0.25, 0.3) is 0 Å². The van der Waals surface area contributed by atoms with Crippen LogP contribution in [0, 0.1) is 0 Å². The minimum Gasteiger partial charge on any atom is -0.478 e. The molecule has 0 aromatic carbocycles. The quantitative estimate of drug-likeness (QED) is 0.499. The second kappa shape index (κ2) is 3.62. The van der Waals surface area contributed by atoms with Gasteiger partial charge in [0.2, 0.25) is 0 Å². The maximum absolute atomic E-state index is 10.4. The summed E-state index contributed by atoms with van der Waals surface area (Å²) in [5, 5.41) is 8.16. The molecule has 0 aromatic rings. The number of halogens is 1. The van der Waals surface area contributed by atoms with Gasteiger partial charge in [0.25, 0.3) is 0 Å². The van der Waals surface area contributed by atoms with E-state index in [0.717, 1.165) is 5.57 Å². The molecule has 58 valence electrons. The van der Waals surface area contributed by atoms with Gasteiger partial charge in [0.1, 0.15) is 0 Å². The van der Waals surface area contributed by atoms with Gasteiger partial charge in [-0.05, 0) is 20.8 Å². The van der Waals surface area contributed by atoms with Crippen LogP contribution >= 0.6 is 11.6 Å². The van der Waals surface area contributed by atoms with Crippen molar-refractivity contribution in [3.05, 3.63) is 11.1 Å². The number of carboxylic acid groups (broad SMARTS) is 1. The van der Waals surface area contributed by atoms with E-state index in [4.69, 9.17) is 16.7 Å². The SMILES string of the molecule is CC(C)=C(C(=O)O)C(C)Cl. The summed E-state index contributed by atoms with van der Waals surface area (Å²) in [6.45, 7) is 5.13. The van der Waals surface area contributed by atoms with E-state index in [-0.39, 0.29) is 0 Å². The molecule has 1 N–H and O–H groups in total. The summed E-state index contributed by atoms with van der Waals surface area (Å²) in [5.74, 6) is -0.928. The summed E-state index contributed by atoms with van der Waals surface area (Å²) < 4.78 is 0. The lowest BCUT2D eigenvalue weighted by Crippen LogP contribution is -2.10. The lowest BCUT2D eigenvalue weighted by atomic mass is 10.1. The first-order chi connectivity index (χ1) is 4.46. The highest BCUT2D eigenvalue weighted by atomic mass is 35.5. The summed E-state index contributed by atoms with van der Waals surface area (Å²) in [6.07, 6.45) is 0. The van der Waals surface area contributed by atoms with Crippen molar-refractivity contribution in [2.45, 2.75) is 26.1 Å². The molecule has 0 fully saturated rings. The summed E-state index contributed by atoms with van der Waals surface area (Å²) in [7, 11) is 0. The van der Waals surface area contributed by atoms with Crippen molar-refractivity contribution < 1.29 is 9.90 Å². The Labute approximate surface area is 65.5 Å². The zero-order valence-corrected chi connectivity index (χ0v) is 7.07. The molecule has 0 amide bonds. The molecule has 0 bridgehead atoms. The second-order valence-electron chi connectivity index (χ2n) is 2.33. The van der Waals surface area contributed by atoms with Crippen LogP contribution in [0.4, 0.5) is 0 Å². The molecule has 0 rings (SSSR count). The van der Waals surface area contributed by atoms with Gasteiger partial charge >= 0.3 is 5.97 Å². The predicted octanol–water partition coefficient (Wildman–Crippen LogP) is 2.03. The van der Waals surface area contributed by atoms with Gasteiger partial charge in [0.05, 0.1) is 11.0 Å². The third-order valence-electron chi connectivity index (χ3n) is 1.17. The van der Waals surface area contributed by atoms with Crippen molar-refractivity contribution in [2.24, 2.45) is 0 Å². The molecule has 0 aliphatic rings. The highest BCUT2D eigenvalue weighted by Gasteiger charge is 2.14. The predicted molar refractivity (Wildman–Crippen MR) is 41.3 cm³/mol. The first-order valence-electron chi connectivity index (χ1n) is 3.01. The number of aliphatic carboxylic acids is 1. The summed E-state index contributed by atoms with van der Waals surface area (Å²) in [5.41, 5.74) is 1.05. The summed E-state index contributed by atoms with van der Waals surface area (Å²) in [4.78, 5) is 10.4. The Morgan fingerprint density at radius 3 is 1.90 bits per heavy atom. The van der Waals surface area contributed by atoms with E-state index in [9.17, 15) is 4.79 Å².